The second-order valence-electron chi connectivity index (χ2n) is 8.19. The number of ketones is 1. The number of rotatable bonds is 7. The van der Waals surface area contributed by atoms with Crippen molar-refractivity contribution < 1.29 is 19.1 Å². The van der Waals surface area contributed by atoms with Gasteiger partial charge in [-0.05, 0) is 67.5 Å². The molecule has 0 saturated carbocycles. The maximum Gasteiger partial charge on any atom is 0.355 e. The lowest BCUT2D eigenvalue weighted by Gasteiger charge is -2.22. The van der Waals surface area contributed by atoms with E-state index in [4.69, 9.17) is 9.47 Å². The number of aryl methyl sites for hydroxylation is 1. The van der Waals surface area contributed by atoms with E-state index < -0.39 is 5.97 Å². The fourth-order valence-electron chi connectivity index (χ4n) is 4.52. The number of ether oxygens (including phenoxy) is 2. The van der Waals surface area contributed by atoms with E-state index in [2.05, 4.69) is 4.98 Å². The number of aromatic amines is 1. The second-order valence-corrected chi connectivity index (χ2v) is 8.19. The first kappa shape index (κ1) is 21.9. The summed E-state index contributed by atoms with van der Waals surface area (Å²) in [6.45, 7) is 6.69. The van der Waals surface area contributed by atoms with Crippen molar-refractivity contribution in [3.8, 4) is 5.75 Å². The zero-order valence-corrected chi connectivity index (χ0v) is 18.9. The molecule has 0 amide bonds. The molecule has 0 radical (unpaired) electrons. The molecule has 0 saturated heterocycles. The Kier molecular flexibility index (Phi) is 6.45. The maximum absolute atomic E-state index is 13.3. The summed E-state index contributed by atoms with van der Waals surface area (Å²) in [5, 5.41) is 0. The Balaban J connectivity index is 1.70. The van der Waals surface area contributed by atoms with E-state index in [1.807, 2.05) is 62.4 Å². The SMILES string of the molecule is CCOC(=O)c1[nH]c2c(c1Cc1ccccc1C)C(=O)CC(c1ccc(OCC)cc1)C2. The van der Waals surface area contributed by atoms with Gasteiger partial charge in [-0.3, -0.25) is 4.79 Å². The molecule has 0 spiro atoms. The lowest BCUT2D eigenvalue weighted by Crippen LogP contribution is -2.19. The van der Waals surface area contributed by atoms with Crippen LogP contribution in [0.2, 0.25) is 0 Å². The molecule has 1 unspecified atom stereocenters. The quantitative estimate of drug-likeness (QED) is 0.509. The molecule has 5 heteroatoms. The number of hydrogen-bond acceptors (Lipinski definition) is 4. The van der Waals surface area contributed by atoms with Crippen molar-refractivity contribution in [3.05, 3.63) is 87.7 Å². The summed E-state index contributed by atoms with van der Waals surface area (Å²) < 4.78 is 10.8. The molecule has 32 heavy (non-hydrogen) atoms. The van der Waals surface area contributed by atoms with Gasteiger partial charge in [-0.25, -0.2) is 4.79 Å². The summed E-state index contributed by atoms with van der Waals surface area (Å²) in [7, 11) is 0. The van der Waals surface area contributed by atoms with Gasteiger partial charge in [0.2, 0.25) is 0 Å². The summed E-state index contributed by atoms with van der Waals surface area (Å²) in [6, 6.07) is 16.0. The van der Waals surface area contributed by atoms with Crippen LogP contribution in [0.4, 0.5) is 0 Å². The molecule has 5 nitrogen and oxygen atoms in total. The minimum absolute atomic E-state index is 0.0608. The zero-order chi connectivity index (χ0) is 22.7. The van der Waals surface area contributed by atoms with Crippen LogP contribution in [0.3, 0.4) is 0 Å². The molecule has 1 aliphatic rings. The Morgan fingerprint density at radius 1 is 1.03 bits per heavy atom. The molecular formula is C27H29NO4. The molecule has 1 heterocycles. The average Bonchev–Trinajstić information content (AvgIpc) is 3.15. The molecule has 2 aromatic carbocycles. The van der Waals surface area contributed by atoms with Crippen molar-refractivity contribution in [2.75, 3.05) is 13.2 Å². The van der Waals surface area contributed by atoms with E-state index in [0.29, 0.717) is 37.1 Å². The van der Waals surface area contributed by atoms with Crippen molar-refractivity contribution in [1.29, 1.82) is 0 Å². The van der Waals surface area contributed by atoms with Crippen LogP contribution in [-0.2, 0) is 17.6 Å². The third-order valence-corrected chi connectivity index (χ3v) is 6.11. The number of esters is 1. The van der Waals surface area contributed by atoms with Crippen molar-refractivity contribution in [2.45, 2.75) is 46.0 Å². The molecule has 0 aliphatic heterocycles. The van der Waals surface area contributed by atoms with E-state index in [-0.39, 0.29) is 18.3 Å². The number of hydrogen-bond donors (Lipinski definition) is 1. The number of nitrogens with one attached hydrogen (secondary N) is 1. The van der Waals surface area contributed by atoms with E-state index in [0.717, 1.165) is 33.7 Å². The maximum atomic E-state index is 13.3. The van der Waals surface area contributed by atoms with Gasteiger partial charge in [-0.1, -0.05) is 36.4 Å². The number of aromatic nitrogens is 1. The Bertz CT molecular complexity index is 1130. The lowest BCUT2D eigenvalue weighted by atomic mass is 9.80. The summed E-state index contributed by atoms with van der Waals surface area (Å²) >= 11 is 0. The summed E-state index contributed by atoms with van der Waals surface area (Å²) in [4.78, 5) is 29.3. The summed E-state index contributed by atoms with van der Waals surface area (Å²) in [5.74, 6) is 0.547. The van der Waals surface area contributed by atoms with Gasteiger partial charge >= 0.3 is 5.97 Å². The second kappa shape index (κ2) is 9.43. The van der Waals surface area contributed by atoms with Crippen molar-refractivity contribution in [2.24, 2.45) is 0 Å². The fourth-order valence-corrected chi connectivity index (χ4v) is 4.52. The van der Waals surface area contributed by atoms with Gasteiger partial charge < -0.3 is 14.5 Å². The van der Waals surface area contributed by atoms with E-state index in [1.165, 1.54) is 0 Å². The third-order valence-electron chi connectivity index (χ3n) is 6.11. The first-order valence-corrected chi connectivity index (χ1v) is 11.2. The van der Waals surface area contributed by atoms with Crippen LogP contribution >= 0.6 is 0 Å². The van der Waals surface area contributed by atoms with E-state index in [1.54, 1.807) is 6.92 Å². The number of benzene rings is 2. The van der Waals surface area contributed by atoms with Gasteiger partial charge in [0.15, 0.2) is 5.78 Å². The van der Waals surface area contributed by atoms with Crippen LogP contribution < -0.4 is 4.74 Å². The number of fused-ring (bicyclic) bond motifs is 1. The van der Waals surface area contributed by atoms with Crippen LogP contribution in [0.25, 0.3) is 0 Å². The standard InChI is InChI=1S/C27H29NO4/c1-4-31-21-12-10-18(11-13-21)20-15-23-25(24(29)16-20)22(26(28-23)27(30)32-5-2)14-19-9-7-6-8-17(19)3/h6-13,20,28H,4-5,14-16H2,1-3H3. The largest absolute Gasteiger partial charge is 0.494 e. The molecule has 0 fully saturated rings. The normalized spacial score (nSPS) is 15.3. The van der Waals surface area contributed by atoms with E-state index >= 15 is 0 Å². The van der Waals surface area contributed by atoms with E-state index in [9.17, 15) is 9.59 Å². The van der Waals surface area contributed by atoms with Crippen LogP contribution in [0, 0.1) is 6.92 Å². The molecular weight excluding hydrogens is 402 g/mol. The first-order valence-electron chi connectivity index (χ1n) is 11.2. The molecule has 1 aliphatic carbocycles. The number of carbonyl (C=O) groups excluding carboxylic acids is 2. The molecule has 0 bridgehead atoms. The molecule has 1 atom stereocenters. The van der Waals surface area contributed by atoms with Crippen LogP contribution in [0.5, 0.6) is 5.75 Å². The summed E-state index contributed by atoms with van der Waals surface area (Å²) in [5.41, 5.74) is 5.98. The Hall–Kier alpha value is -3.34. The fraction of sp³-hybridized carbons (Fsp3) is 0.333. The number of carbonyl (C=O) groups is 2. The summed E-state index contributed by atoms with van der Waals surface area (Å²) in [6.07, 6.45) is 1.61. The van der Waals surface area contributed by atoms with Gasteiger partial charge in [0, 0.05) is 24.1 Å². The third kappa shape index (κ3) is 4.33. The Morgan fingerprint density at radius 2 is 1.78 bits per heavy atom. The predicted molar refractivity (Wildman–Crippen MR) is 124 cm³/mol. The monoisotopic (exact) mass is 431 g/mol. The average molecular weight is 432 g/mol. The number of Topliss-reactive ketones (excluding diaryl/α,β-unsaturated/α-hetero) is 1. The predicted octanol–water partition coefficient (Wildman–Crippen LogP) is 5.40. The zero-order valence-electron chi connectivity index (χ0n) is 18.9. The molecule has 4 rings (SSSR count). The van der Waals surface area contributed by atoms with Gasteiger partial charge in [0.25, 0.3) is 0 Å². The highest BCUT2D eigenvalue weighted by molar-refractivity contribution is 6.04. The smallest absolute Gasteiger partial charge is 0.355 e. The molecule has 3 aromatic rings. The molecule has 1 N–H and O–H groups in total. The topological polar surface area (TPSA) is 68.4 Å². The number of H-pyrrole nitrogens is 1. The molecule has 1 aromatic heterocycles. The van der Waals surface area contributed by atoms with Gasteiger partial charge in [0.05, 0.1) is 13.2 Å². The minimum atomic E-state index is -0.407. The minimum Gasteiger partial charge on any atom is -0.494 e. The Morgan fingerprint density at radius 3 is 2.47 bits per heavy atom. The lowest BCUT2D eigenvalue weighted by molar-refractivity contribution is 0.0519. The van der Waals surface area contributed by atoms with Crippen molar-refractivity contribution in [1.82, 2.24) is 4.98 Å². The van der Waals surface area contributed by atoms with Gasteiger partial charge in [-0.2, -0.15) is 0 Å². The van der Waals surface area contributed by atoms with Crippen LogP contribution in [0.15, 0.2) is 48.5 Å². The highest BCUT2D eigenvalue weighted by atomic mass is 16.5. The first-order chi connectivity index (χ1) is 15.5. The molecule has 166 valence electrons. The van der Waals surface area contributed by atoms with Crippen molar-refractivity contribution >= 4 is 11.8 Å². The van der Waals surface area contributed by atoms with Gasteiger partial charge in [0.1, 0.15) is 11.4 Å². The Labute approximate surface area is 188 Å². The van der Waals surface area contributed by atoms with Crippen molar-refractivity contribution in [3.63, 3.8) is 0 Å². The van der Waals surface area contributed by atoms with Gasteiger partial charge in [-0.15, -0.1) is 0 Å². The van der Waals surface area contributed by atoms with Crippen LogP contribution in [-0.4, -0.2) is 30.0 Å². The highest BCUT2D eigenvalue weighted by Crippen LogP contribution is 2.37. The highest BCUT2D eigenvalue weighted by Gasteiger charge is 2.33. The van der Waals surface area contributed by atoms with Crippen LogP contribution in [0.1, 0.15) is 75.0 Å².